The van der Waals surface area contributed by atoms with Crippen LogP contribution < -0.4 is 5.56 Å². The molecule has 0 spiro atoms. The van der Waals surface area contributed by atoms with E-state index in [9.17, 15) is 4.79 Å². The van der Waals surface area contributed by atoms with Crippen molar-refractivity contribution in [2.24, 2.45) is 0 Å². The molecule has 0 unspecified atom stereocenters. The number of aryl methyl sites for hydroxylation is 1. The first-order valence-corrected chi connectivity index (χ1v) is 11.8. The normalized spacial score (nSPS) is 11.7. The summed E-state index contributed by atoms with van der Waals surface area (Å²) in [7, 11) is 0. The molecule has 6 aromatic rings. The molecular formula is C25H20N6OS. The van der Waals surface area contributed by atoms with Crippen molar-refractivity contribution in [2.75, 3.05) is 0 Å². The third-order valence-corrected chi connectivity index (χ3v) is 6.70. The molecule has 0 radical (unpaired) electrons. The van der Waals surface area contributed by atoms with Crippen molar-refractivity contribution >= 4 is 39.5 Å². The van der Waals surface area contributed by atoms with Gasteiger partial charge in [0.1, 0.15) is 5.82 Å². The average Bonchev–Trinajstić information content (AvgIpc) is 3.45. The van der Waals surface area contributed by atoms with Gasteiger partial charge in [-0.1, -0.05) is 54.2 Å². The summed E-state index contributed by atoms with van der Waals surface area (Å²) in [4.78, 5) is 17.8. The van der Waals surface area contributed by atoms with Crippen LogP contribution in [0.2, 0.25) is 0 Å². The van der Waals surface area contributed by atoms with Crippen LogP contribution in [-0.2, 0) is 12.3 Å². The van der Waals surface area contributed by atoms with E-state index in [1.54, 1.807) is 16.3 Å². The monoisotopic (exact) mass is 452 g/mol. The largest absolute Gasteiger partial charge is 0.287 e. The first kappa shape index (κ1) is 19.8. The molecule has 0 bridgehead atoms. The van der Waals surface area contributed by atoms with Gasteiger partial charge in [0.25, 0.3) is 5.56 Å². The number of aromatic nitrogens is 6. The van der Waals surface area contributed by atoms with Gasteiger partial charge >= 0.3 is 0 Å². The Bertz CT molecular complexity index is 1680. The number of fused-ring (bicyclic) bond motifs is 4. The number of thioether (sulfide) groups is 1. The number of nitrogens with zero attached hydrogens (tertiary/aromatic N) is 6. The van der Waals surface area contributed by atoms with Crippen molar-refractivity contribution in [1.29, 1.82) is 0 Å². The number of para-hydroxylation sites is 4. The Morgan fingerprint density at radius 2 is 1.58 bits per heavy atom. The van der Waals surface area contributed by atoms with Crippen LogP contribution in [0.1, 0.15) is 12.7 Å². The number of hydrogen-bond acceptors (Lipinski definition) is 5. The average molecular weight is 453 g/mol. The highest BCUT2D eigenvalue weighted by Gasteiger charge is 2.18. The quantitative estimate of drug-likeness (QED) is 0.355. The molecule has 0 saturated carbocycles. The van der Waals surface area contributed by atoms with Crippen LogP contribution >= 0.6 is 11.8 Å². The van der Waals surface area contributed by atoms with E-state index in [-0.39, 0.29) is 5.56 Å². The van der Waals surface area contributed by atoms with Gasteiger partial charge < -0.3 is 0 Å². The van der Waals surface area contributed by atoms with Crippen molar-refractivity contribution < 1.29 is 0 Å². The Balaban J connectivity index is 1.48. The zero-order valence-corrected chi connectivity index (χ0v) is 18.7. The predicted molar refractivity (Wildman–Crippen MR) is 131 cm³/mol. The summed E-state index contributed by atoms with van der Waals surface area (Å²) in [6.45, 7) is 2.48. The van der Waals surface area contributed by atoms with Crippen LogP contribution in [0, 0.1) is 0 Å². The lowest BCUT2D eigenvalue weighted by Gasteiger charge is -2.10. The van der Waals surface area contributed by atoms with Crippen LogP contribution in [0.4, 0.5) is 0 Å². The predicted octanol–water partition coefficient (Wildman–Crippen LogP) is 4.70. The van der Waals surface area contributed by atoms with Crippen molar-refractivity contribution in [3.8, 4) is 5.69 Å². The Labute approximate surface area is 193 Å². The Kier molecular flexibility index (Phi) is 4.73. The van der Waals surface area contributed by atoms with Crippen molar-refractivity contribution in [3.63, 3.8) is 0 Å². The summed E-state index contributed by atoms with van der Waals surface area (Å²) >= 11 is 1.61. The van der Waals surface area contributed by atoms with Gasteiger partial charge in [-0.25, -0.2) is 4.98 Å². The molecule has 0 aliphatic rings. The van der Waals surface area contributed by atoms with Crippen molar-refractivity contribution in [2.45, 2.75) is 24.4 Å². The summed E-state index contributed by atoms with van der Waals surface area (Å²) < 4.78 is 5.83. The molecule has 0 fully saturated rings. The summed E-state index contributed by atoms with van der Waals surface area (Å²) in [5, 5.41) is 10.4. The van der Waals surface area contributed by atoms with Crippen LogP contribution in [0.3, 0.4) is 0 Å². The molecule has 0 aliphatic heterocycles. The van der Waals surface area contributed by atoms with E-state index < -0.39 is 0 Å². The lowest BCUT2D eigenvalue weighted by atomic mass is 10.2. The minimum absolute atomic E-state index is 0.0435. The molecule has 33 heavy (non-hydrogen) atoms. The van der Waals surface area contributed by atoms with E-state index >= 15 is 0 Å². The van der Waals surface area contributed by atoms with E-state index in [0.29, 0.717) is 23.5 Å². The molecule has 0 saturated heterocycles. The van der Waals surface area contributed by atoms with Gasteiger partial charge in [0, 0.05) is 12.2 Å². The molecule has 0 N–H and O–H groups in total. The molecule has 0 amide bonds. The highest BCUT2D eigenvalue weighted by atomic mass is 32.2. The number of benzene rings is 3. The second-order valence-corrected chi connectivity index (χ2v) is 8.60. The maximum atomic E-state index is 12.9. The maximum Gasteiger partial charge on any atom is 0.262 e. The SMILES string of the molecule is CCn1c(=O)c2ccccc2n2c(CSc3nc4ccccc4n3-c3ccccc3)nnc12. The van der Waals surface area contributed by atoms with Crippen molar-refractivity contribution in [1.82, 2.24) is 28.7 Å². The molecule has 3 aromatic heterocycles. The van der Waals surface area contributed by atoms with Crippen LogP contribution in [0.25, 0.3) is 33.4 Å². The number of imidazole rings is 1. The maximum absolute atomic E-state index is 12.9. The fraction of sp³-hybridized carbons (Fsp3) is 0.120. The Hall–Kier alpha value is -3.91. The molecule has 8 heteroatoms. The van der Waals surface area contributed by atoms with E-state index in [1.165, 1.54) is 0 Å². The van der Waals surface area contributed by atoms with Crippen LogP contribution in [-0.4, -0.2) is 28.7 Å². The standard InChI is InChI=1S/C25H20N6OS/c1-2-29-23(32)18-12-6-8-14-20(18)31-22(27-28-24(29)31)16-33-25-26-19-13-7-9-15-21(19)30(25)17-10-4-3-5-11-17/h3-15H,2,16H2,1H3. The topological polar surface area (TPSA) is 70.0 Å². The van der Waals surface area contributed by atoms with Gasteiger partial charge in [0.2, 0.25) is 5.78 Å². The zero-order valence-electron chi connectivity index (χ0n) is 17.9. The molecular weight excluding hydrogens is 432 g/mol. The van der Waals surface area contributed by atoms with Crippen LogP contribution in [0.15, 0.2) is 88.8 Å². The summed E-state index contributed by atoms with van der Waals surface area (Å²) in [5.41, 5.74) is 3.84. The molecule has 6 rings (SSSR count). The lowest BCUT2D eigenvalue weighted by Crippen LogP contribution is -2.22. The van der Waals surface area contributed by atoms with Crippen LogP contribution in [0.5, 0.6) is 0 Å². The Morgan fingerprint density at radius 3 is 2.39 bits per heavy atom. The fourth-order valence-corrected chi connectivity index (χ4v) is 5.19. The van der Waals surface area contributed by atoms with E-state index in [2.05, 4.69) is 33.0 Å². The molecule has 0 aliphatic carbocycles. The van der Waals surface area contributed by atoms with E-state index in [4.69, 9.17) is 4.98 Å². The first-order valence-electron chi connectivity index (χ1n) is 10.8. The summed E-state index contributed by atoms with van der Waals surface area (Å²) in [5.74, 6) is 1.90. The second-order valence-electron chi connectivity index (χ2n) is 7.66. The molecule has 3 aromatic carbocycles. The summed E-state index contributed by atoms with van der Waals surface area (Å²) in [6, 6.07) is 26.0. The molecule has 7 nitrogen and oxygen atoms in total. The fourth-order valence-electron chi connectivity index (χ4n) is 4.25. The molecule has 162 valence electrons. The van der Waals surface area contributed by atoms with E-state index in [1.807, 2.05) is 72.0 Å². The van der Waals surface area contributed by atoms with Gasteiger partial charge in [-0.3, -0.25) is 18.3 Å². The van der Waals surface area contributed by atoms with Crippen molar-refractivity contribution in [3.05, 3.63) is 95.0 Å². The third-order valence-electron chi connectivity index (χ3n) is 5.77. The molecule has 0 atom stereocenters. The minimum atomic E-state index is -0.0435. The highest BCUT2D eigenvalue weighted by Crippen LogP contribution is 2.30. The minimum Gasteiger partial charge on any atom is -0.287 e. The highest BCUT2D eigenvalue weighted by molar-refractivity contribution is 7.98. The van der Waals surface area contributed by atoms with Gasteiger partial charge in [-0.2, -0.15) is 0 Å². The summed E-state index contributed by atoms with van der Waals surface area (Å²) in [6.07, 6.45) is 0. The third kappa shape index (κ3) is 3.14. The second kappa shape index (κ2) is 7.90. The van der Waals surface area contributed by atoms with Gasteiger partial charge in [0.05, 0.1) is 27.7 Å². The number of rotatable bonds is 5. The first-order chi connectivity index (χ1) is 16.3. The van der Waals surface area contributed by atoms with Gasteiger partial charge in [-0.15, -0.1) is 10.2 Å². The molecule has 3 heterocycles. The lowest BCUT2D eigenvalue weighted by molar-refractivity contribution is 0.735. The zero-order chi connectivity index (χ0) is 22.4. The Morgan fingerprint density at radius 1 is 0.848 bits per heavy atom. The van der Waals surface area contributed by atoms with Gasteiger partial charge in [0.15, 0.2) is 5.16 Å². The van der Waals surface area contributed by atoms with Gasteiger partial charge in [-0.05, 0) is 43.3 Å². The number of hydrogen-bond donors (Lipinski definition) is 0. The van der Waals surface area contributed by atoms with E-state index in [0.717, 1.165) is 33.2 Å². The smallest absolute Gasteiger partial charge is 0.262 e.